The van der Waals surface area contributed by atoms with E-state index in [-0.39, 0.29) is 5.79 Å². The van der Waals surface area contributed by atoms with E-state index in [1.54, 1.807) is 0 Å². The zero-order valence-corrected chi connectivity index (χ0v) is 9.89. The van der Waals surface area contributed by atoms with Crippen LogP contribution in [0.4, 0.5) is 0 Å². The van der Waals surface area contributed by atoms with Crippen LogP contribution in [0, 0.1) is 5.92 Å². The number of allylic oxidation sites excluding steroid dienone is 1. The molecule has 0 aromatic heterocycles. The average molecular weight is 249 g/mol. The van der Waals surface area contributed by atoms with Crippen molar-refractivity contribution in [3.05, 3.63) is 11.1 Å². The largest absolute Gasteiger partial charge is 0.347 e. The fraction of sp³-hybridized carbons (Fsp3) is 0.800. The maximum absolute atomic E-state index is 5.67. The van der Waals surface area contributed by atoms with Crippen LogP contribution in [-0.4, -0.2) is 19.0 Å². The van der Waals surface area contributed by atoms with Gasteiger partial charge in [0.25, 0.3) is 0 Å². The Morgan fingerprint density at radius 3 is 2.46 bits per heavy atom. The molecule has 1 aliphatic rings. The van der Waals surface area contributed by atoms with Crippen molar-refractivity contribution >= 4 is 15.9 Å². The van der Waals surface area contributed by atoms with Gasteiger partial charge in [0, 0.05) is 5.92 Å². The van der Waals surface area contributed by atoms with Gasteiger partial charge in [-0.2, -0.15) is 0 Å². The number of hydrogen-bond acceptors (Lipinski definition) is 2. The fourth-order valence-corrected chi connectivity index (χ4v) is 2.28. The first kappa shape index (κ1) is 11.2. The average Bonchev–Trinajstić information content (AvgIpc) is 2.51. The second-order valence-corrected chi connectivity index (χ2v) is 4.61. The summed E-state index contributed by atoms with van der Waals surface area (Å²) >= 11 is 3.37. The topological polar surface area (TPSA) is 18.5 Å². The normalized spacial score (nSPS) is 23.0. The molecule has 0 aliphatic carbocycles. The molecule has 1 heterocycles. The molecule has 0 aromatic carbocycles. The highest BCUT2D eigenvalue weighted by atomic mass is 79.9. The summed E-state index contributed by atoms with van der Waals surface area (Å²) in [5.41, 5.74) is 0. The van der Waals surface area contributed by atoms with E-state index in [1.807, 2.05) is 0 Å². The third kappa shape index (κ3) is 2.55. The number of rotatable bonds is 4. The molecule has 1 rings (SSSR count). The van der Waals surface area contributed by atoms with Gasteiger partial charge in [0.1, 0.15) is 0 Å². The molecule has 13 heavy (non-hydrogen) atoms. The maximum atomic E-state index is 5.67. The molecule has 0 N–H and O–H groups in total. The number of ether oxygens (including phenoxy) is 2. The van der Waals surface area contributed by atoms with Crippen LogP contribution >= 0.6 is 15.9 Å². The van der Waals surface area contributed by atoms with Gasteiger partial charge >= 0.3 is 0 Å². The van der Waals surface area contributed by atoms with Gasteiger partial charge in [-0.05, 0) is 17.3 Å². The smallest absolute Gasteiger partial charge is 0.171 e. The van der Waals surface area contributed by atoms with E-state index >= 15 is 0 Å². The lowest BCUT2D eigenvalue weighted by Crippen LogP contribution is -2.37. The van der Waals surface area contributed by atoms with Crippen molar-refractivity contribution < 1.29 is 9.47 Å². The molecule has 0 radical (unpaired) electrons. The summed E-state index contributed by atoms with van der Waals surface area (Å²) in [6.07, 6.45) is 1.79. The minimum absolute atomic E-state index is 0.354. The molecule has 0 saturated carbocycles. The number of hydrogen-bond donors (Lipinski definition) is 0. The summed E-state index contributed by atoms with van der Waals surface area (Å²) in [5, 5.41) is 0. The van der Waals surface area contributed by atoms with Crippen LogP contribution in [0.15, 0.2) is 11.1 Å². The summed E-state index contributed by atoms with van der Waals surface area (Å²) < 4.78 is 12.3. The quantitative estimate of drug-likeness (QED) is 0.762. The SMILES string of the molecule is C=C(Br)CC(C)C1(CC)OCCO1. The molecule has 1 atom stereocenters. The Balaban J connectivity index is 2.59. The third-order valence-corrected chi connectivity index (χ3v) is 2.87. The van der Waals surface area contributed by atoms with E-state index in [0.29, 0.717) is 19.1 Å². The van der Waals surface area contributed by atoms with Crippen LogP contribution in [0.25, 0.3) is 0 Å². The summed E-state index contributed by atoms with van der Waals surface area (Å²) in [6, 6.07) is 0. The van der Waals surface area contributed by atoms with Crippen LogP contribution in [0.1, 0.15) is 26.7 Å². The Hall–Kier alpha value is 0.140. The summed E-state index contributed by atoms with van der Waals surface area (Å²) in [6.45, 7) is 9.50. The molecule has 1 aliphatic heterocycles. The molecule has 0 bridgehead atoms. The van der Waals surface area contributed by atoms with Gasteiger partial charge < -0.3 is 9.47 Å². The molecule has 1 unspecified atom stereocenters. The molecular formula is C10H17BrO2. The van der Waals surface area contributed by atoms with Crippen molar-refractivity contribution in [2.45, 2.75) is 32.5 Å². The predicted octanol–water partition coefficient (Wildman–Crippen LogP) is 3.07. The van der Waals surface area contributed by atoms with Crippen molar-refractivity contribution in [2.24, 2.45) is 5.92 Å². The van der Waals surface area contributed by atoms with Gasteiger partial charge in [0.2, 0.25) is 0 Å². The first-order chi connectivity index (χ1) is 6.10. The lowest BCUT2D eigenvalue weighted by Gasteiger charge is -2.32. The van der Waals surface area contributed by atoms with Crippen LogP contribution in [0.5, 0.6) is 0 Å². The second-order valence-electron chi connectivity index (χ2n) is 3.48. The predicted molar refractivity (Wildman–Crippen MR) is 56.8 cm³/mol. The van der Waals surface area contributed by atoms with Gasteiger partial charge in [-0.25, -0.2) is 0 Å². The minimum atomic E-state index is -0.364. The summed E-state index contributed by atoms with van der Waals surface area (Å²) in [5.74, 6) is -0.0108. The summed E-state index contributed by atoms with van der Waals surface area (Å²) in [7, 11) is 0. The van der Waals surface area contributed by atoms with Crippen LogP contribution < -0.4 is 0 Å². The Kier molecular flexibility index (Phi) is 3.95. The molecular weight excluding hydrogens is 232 g/mol. The second kappa shape index (κ2) is 4.58. The number of halogens is 1. The van der Waals surface area contributed by atoms with E-state index in [1.165, 1.54) is 0 Å². The molecule has 0 aromatic rings. The molecule has 0 spiro atoms. The summed E-state index contributed by atoms with van der Waals surface area (Å²) in [4.78, 5) is 0. The lowest BCUT2D eigenvalue weighted by molar-refractivity contribution is -0.192. The highest BCUT2D eigenvalue weighted by Gasteiger charge is 2.40. The van der Waals surface area contributed by atoms with E-state index in [2.05, 4.69) is 36.4 Å². The Morgan fingerprint density at radius 1 is 1.54 bits per heavy atom. The van der Waals surface area contributed by atoms with Crippen molar-refractivity contribution in [1.29, 1.82) is 0 Å². The molecule has 3 heteroatoms. The van der Waals surface area contributed by atoms with Gasteiger partial charge in [-0.3, -0.25) is 0 Å². The molecule has 1 saturated heterocycles. The van der Waals surface area contributed by atoms with Gasteiger partial charge in [-0.1, -0.05) is 36.4 Å². The van der Waals surface area contributed by atoms with E-state index in [0.717, 1.165) is 17.3 Å². The van der Waals surface area contributed by atoms with Gasteiger partial charge in [0.15, 0.2) is 5.79 Å². The zero-order chi connectivity index (χ0) is 9.90. The maximum Gasteiger partial charge on any atom is 0.171 e. The van der Waals surface area contributed by atoms with E-state index < -0.39 is 0 Å². The van der Waals surface area contributed by atoms with Gasteiger partial charge in [0.05, 0.1) is 13.2 Å². The zero-order valence-electron chi connectivity index (χ0n) is 8.31. The Labute approximate surface area is 88.4 Å². The van der Waals surface area contributed by atoms with Crippen LogP contribution in [0.2, 0.25) is 0 Å². The van der Waals surface area contributed by atoms with E-state index in [4.69, 9.17) is 9.47 Å². The third-order valence-electron chi connectivity index (χ3n) is 2.55. The Morgan fingerprint density at radius 2 is 2.08 bits per heavy atom. The van der Waals surface area contributed by atoms with Crippen molar-refractivity contribution in [3.8, 4) is 0 Å². The monoisotopic (exact) mass is 248 g/mol. The molecule has 1 fully saturated rings. The van der Waals surface area contributed by atoms with Crippen molar-refractivity contribution in [3.63, 3.8) is 0 Å². The molecule has 2 nitrogen and oxygen atoms in total. The van der Waals surface area contributed by atoms with E-state index in [9.17, 15) is 0 Å². The first-order valence-corrected chi connectivity index (χ1v) is 5.51. The van der Waals surface area contributed by atoms with Crippen LogP contribution in [-0.2, 0) is 9.47 Å². The first-order valence-electron chi connectivity index (χ1n) is 4.72. The van der Waals surface area contributed by atoms with Crippen LogP contribution in [0.3, 0.4) is 0 Å². The molecule has 76 valence electrons. The lowest BCUT2D eigenvalue weighted by atomic mass is 9.95. The highest BCUT2D eigenvalue weighted by Crippen LogP contribution is 2.35. The standard InChI is InChI=1S/C10H17BrO2/c1-4-10(12-5-6-13-10)8(2)7-9(3)11/h8H,3-7H2,1-2H3. The van der Waals surface area contributed by atoms with Gasteiger partial charge in [-0.15, -0.1) is 0 Å². The fourth-order valence-electron chi connectivity index (χ4n) is 1.80. The molecule has 0 amide bonds. The van der Waals surface area contributed by atoms with Crippen molar-refractivity contribution in [2.75, 3.05) is 13.2 Å². The van der Waals surface area contributed by atoms with Crippen molar-refractivity contribution in [1.82, 2.24) is 0 Å². The minimum Gasteiger partial charge on any atom is -0.347 e. The highest BCUT2D eigenvalue weighted by molar-refractivity contribution is 9.11. The Bertz CT molecular complexity index is 185.